The van der Waals surface area contributed by atoms with Gasteiger partial charge in [-0.25, -0.2) is 4.79 Å². The number of nitrogens with two attached hydrogens (primary N) is 1. The highest BCUT2D eigenvalue weighted by molar-refractivity contribution is 6.05. The van der Waals surface area contributed by atoms with Gasteiger partial charge in [0.05, 0.1) is 13.7 Å². The van der Waals surface area contributed by atoms with Gasteiger partial charge in [0.2, 0.25) is 5.75 Å². The van der Waals surface area contributed by atoms with E-state index in [1.165, 1.54) is 13.2 Å². The van der Waals surface area contributed by atoms with Crippen LogP contribution in [0.1, 0.15) is 29.3 Å². The summed E-state index contributed by atoms with van der Waals surface area (Å²) in [5.41, 5.74) is 6.47. The zero-order valence-electron chi connectivity index (χ0n) is 15.8. The molecule has 3 N–H and O–H groups in total. The molecule has 7 heteroatoms. The fourth-order valence-corrected chi connectivity index (χ4v) is 2.72. The number of amides is 1. The monoisotopic (exact) mass is 382 g/mol. The first kappa shape index (κ1) is 19.4. The van der Waals surface area contributed by atoms with E-state index in [1.54, 1.807) is 24.3 Å². The van der Waals surface area contributed by atoms with Gasteiger partial charge < -0.3 is 24.9 Å². The molecule has 0 saturated heterocycles. The Hall–Kier alpha value is -3.32. The molecule has 0 unspecified atom stereocenters. The van der Waals surface area contributed by atoms with Crippen molar-refractivity contribution < 1.29 is 18.7 Å². The summed E-state index contributed by atoms with van der Waals surface area (Å²) in [4.78, 5) is 25.0. The Labute approximate surface area is 162 Å². The van der Waals surface area contributed by atoms with E-state index in [0.29, 0.717) is 35.7 Å². The zero-order chi connectivity index (χ0) is 20.1. The quantitative estimate of drug-likeness (QED) is 0.608. The molecule has 0 bridgehead atoms. The fourth-order valence-electron chi connectivity index (χ4n) is 2.72. The van der Waals surface area contributed by atoms with Crippen LogP contribution in [0.5, 0.6) is 11.5 Å². The second kappa shape index (κ2) is 8.58. The topological polar surface area (TPSA) is 104 Å². The van der Waals surface area contributed by atoms with Gasteiger partial charge in [-0.3, -0.25) is 4.79 Å². The van der Waals surface area contributed by atoms with E-state index in [9.17, 15) is 9.59 Å². The number of carbonyl (C=O) groups excluding carboxylic acids is 1. The third-order valence-electron chi connectivity index (χ3n) is 4.18. The molecule has 3 rings (SSSR count). The van der Waals surface area contributed by atoms with Gasteiger partial charge in [0.25, 0.3) is 5.91 Å². The van der Waals surface area contributed by atoms with Crippen LogP contribution in [0, 0.1) is 0 Å². The lowest BCUT2D eigenvalue weighted by molar-refractivity contribution is 0.102. The molecule has 1 amide bonds. The predicted octanol–water partition coefficient (Wildman–Crippen LogP) is 3.30. The summed E-state index contributed by atoms with van der Waals surface area (Å²) < 4.78 is 16.4. The number of hydrogen-bond acceptors (Lipinski definition) is 6. The molecule has 1 aromatic heterocycles. The molecular weight excluding hydrogens is 360 g/mol. The van der Waals surface area contributed by atoms with Crippen molar-refractivity contribution in [3.63, 3.8) is 0 Å². The van der Waals surface area contributed by atoms with Crippen LogP contribution < -0.4 is 26.1 Å². The number of benzene rings is 2. The van der Waals surface area contributed by atoms with Gasteiger partial charge in [-0.15, -0.1) is 0 Å². The molecule has 1 heterocycles. The molecule has 3 aromatic rings. The number of fused-ring (bicyclic) bond motifs is 1. The number of carbonyl (C=O) groups is 1. The highest BCUT2D eigenvalue weighted by Gasteiger charge is 2.18. The molecule has 0 aliphatic rings. The van der Waals surface area contributed by atoms with Crippen molar-refractivity contribution in [3.05, 3.63) is 64.0 Å². The minimum atomic E-state index is -0.752. The number of anilines is 1. The van der Waals surface area contributed by atoms with E-state index in [1.807, 2.05) is 19.1 Å². The van der Waals surface area contributed by atoms with E-state index in [4.69, 9.17) is 19.6 Å². The third kappa shape index (κ3) is 3.99. The molecule has 0 aliphatic heterocycles. The summed E-state index contributed by atoms with van der Waals surface area (Å²) in [5, 5.41) is 3.26. The number of hydrogen-bond donors (Lipinski definition) is 2. The van der Waals surface area contributed by atoms with Crippen molar-refractivity contribution in [2.24, 2.45) is 5.73 Å². The number of rotatable bonds is 7. The molecule has 7 nitrogen and oxygen atoms in total. The average molecular weight is 382 g/mol. The minimum absolute atomic E-state index is 0.0954. The first-order chi connectivity index (χ1) is 13.6. The predicted molar refractivity (Wildman–Crippen MR) is 107 cm³/mol. The van der Waals surface area contributed by atoms with Crippen molar-refractivity contribution in [1.82, 2.24) is 0 Å². The largest absolute Gasteiger partial charge is 0.493 e. The van der Waals surface area contributed by atoms with Gasteiger partial charge in [-0.05, 0) is 42.3 Å². The Kier molecular flexibility index (Phi) is 5.96. The number of ether oxygens (including phenoxy) is 2. The summed E-state index contributed by atoms with van der Waals surface area (Å²) in [5.74, 6) is 0.257. The lowest BCUT2D eigenvalue weighted by atomic mass is 10.1. The molecule has 146 valence electrons. The second-order valence-corrected chi connectivity index (χ2v) is 6.17. The molecule has 2 aromatic carbocycles. The van der Waals surface area contributed by atoms with Crippen molar-refractivity contribution >= 4 is 22.6 Å². The molecule has 28 heavy (non-hydrogen) atoms. The standard InChI is InChI=1S/C21H22N2O5/c1-3-10-27-19-17(26-2)9-6-14-11-16(21(25)28-18(14)19)20(24)23-15-7-4-13(12-22)5-8-15/h4-9,11H,3,10,12,22H2,1-2H3,(H,23,24). The Morgan fingerprint density at radius 3 is 2.57 bits per heavy atom. The highest BCUT2D eigenvalue weighted by atomic mass is 16.5. The molecule has 0 fully saturated rings. The number of methoxy groups -OCH3 is 1. The van der Waals surface area contributed by atoms with E-state index < -0.39 is 11.5 Å². The average Bonchev–Trinajstić information content (AvgIpc) is 2.72. The van der Waals surface area contributed by atoms with E-state index in [0.717, 1.165) is 12.0 Å². The summed E-state index contributed by atoms with van der Waals surface area (Å²) in [6.45, 7) is 2.82. The van der Waals surface area contributed by atoms with Crippen LogP contribution in [0.4, 0.5) is 5.69 Å². The lowest BCUT2D eigenvalue weighted by Gasteiger charge is -2.12. The Bertz CT molecular complexity index is 1040. The SMILES string of the molecule is CCCOc1c(OC)ccc2cc(C(=O)Nc3ccc(CN)cc3)c(=O)oc12. The summed E-state index contributed by atoms with van der Waals surface area (Å²) in [6, 6.07) is 12.0. The highest BCUT2D eigenvalue weighted by Crippen LogP contribution is 2.35. The lowest BCUT2D eigenvalue weighted by Crippen LogP contribution is -2.20. The Balaban J connectivity index is 1.96. The second-order valence-electron chi connectivity index (χ2n) is 6.17. The van der Waals surface area contributed by atoms with Crippen LogP contribution in [0.3, 0.4) is 0 Å². The van der Waals surface area contributed by atoms with Crippen LogP contribution in [0.2, 0.25) is 0 Å². The van der Waals surface area contributed by atoms with Crippen molar-refractivity contribution in [2.45, 2.75) is 19.9 Å². The maximum Gasteiger partial charge on any atom is 0.349 e. The summed E-state index contributed by atoms with van der Waals surface area (Å²) in [7, 11) is 1.51. The van der Waals surface area contributed by atoms with Crippen LogP contribution in [0.15, 0.2) is 51.7 Å². The minimum Gasteiger partial charge on any atom is -0.493 e. The molecule has 0 spiro atoms. The van der Waals surface area contributed by atoms with Crippen LogP contribution in [-0.2, 0) is 6.54 Å². The first-order valence-corrected chi connectivity index (χ1v) is 8.95. The maximum absolute atomic E-state index is 12.6. The third-order valence-corrected chi connectivity index (χ3v) is 4.18. The van der Waals surface area contributed by atoms with Gasteiger partial charge in [0.15, 0.2) is 11.3 Å². The van der Waals surface area contributed by atoms with E-state index in [2.05, 4.69) is 5.32 Å². The summed E-state index contributed by atoms with van der Waals surface area (Å²) in [6.07, 6.45) is 0.785. The number of nitrogens with one attached hydrogen (secondary N) is 1. The molecule has 0 aliphatic carbocycles. The van der Waals surface area contributed by atoms with Gasteiger partial charge in [-0.2, -0.15) is 0 Å². The van der Waals surface area contributed by atoms with Gasteiger partial charge in [0, 0.05) is 17.6 Å². The van der Waals surface area contributed by atoms with Crippen molar-refractivity contribution in [3.8, 4) is 11.5 Å². The molecule has 0 saturated carbocycles. The van der Waals surface area contributed by atoms with Crippen LogP contribution in [-0.4, -0.2) is 19.6 Å². The van der Waals surface area contributed by atoms with Gasteiger partial charge in [0.1, 0.15) is 5.56 Å². The molecular formula is C21H22N2O5. The Morgan fingerprint density at radius 2 is 1.93 bits per heavy atom. The molecule has 0 radical (unpaired) electrons. The zero-order valence-corrected chi connectivity index (χ0v) is 15.8. The van der Waals surface area contributed by atoms with E-state index in [-0.39, 0.29) is 11.1 Å². The van der Waals surface area contributed by atoms with Gasteiger partial charge in [-0.1, -0.05) is 19.1 Å². The molecule has 0 atom stereocenters. The van der Waals surface area contributed by atoms with Crippen LogP contribution >= 0.6 is 0 Å². The van der Waals surface area contributed by atoms with Gasteiger partial charge >= 0.3 is 5.63 Å². The van der Waals surface area contributed by atoms with Crippen molar-refractivity contribution in [1.29, 1.82) is 0 Å². The Morgan fingerprint density at radius 1 is 1.18 bits per heavy atom. The maximum atomic E-state index is 12.6. The van der Waals surface area contributed by atoms with Crippen LogP contribution in [0.25, 0.3) is 11.0 Å². The summed E-state index contributed by atoms with van der Waals surface area (Å²) >= 11 is 0. The smallest absolute Gasteiger partial charge is 0.349 e. The normalized spacial score (nSPS) is 10.7. The fraction of sp³-hybridized carbons (Fsp3) is 0.238. The van der Waals surface area contributed by atoms with Crippen molar-refractivity contribution in [2.75, 3.05) is 19.0 Å². The van der Waals surface area contributed by atoms with E-state index >= 15 is 0 Å². The first-order valence-electron chi connectivity index (χ1n) is 8.95.